The van der Waals surface area contributed by atoms with E-state index in [-0.39, 0.29) is 5.78 Å². The number of carbonyl (C=O) groups is 2. The molecule has 0 amide bonds. The summed E-state index contributed by atoms with van der Waals surface area (Å²) < 4.78 is 5.37. The lowest BCUT2D eigenvalue weighted by molar-refractivity contribution is -0.108. The largest absolute Gasteiger partial charge is 0.493 e. The summed E-state index contributed by atoms with van der Waals surface area (Å²) in [6.07, 6.45) is 4.53. The Kier molecular flexibility index (Phi) is 5.47. The van der Waals surface area contributed by atoms with Crippen LogP contribution in [-0.2, 0) is 4.79 Å². The summed E-state index contributed by atoms with van der Waals surface area (Å²) in [5, 5.41) is 0. The Balaban J connectivity index is 1.95. The molecule has 0 atom stereocenters. The van der Waals surface area contributed by atoms with Gasteiger partial charge in [-0.3, -0.25) is 4.79 Å². The zero-order valence-electron chi connectivity index (χ0n) is 11.6. The Labute approximate surface area is 123 Å². The highest BCUT2D eigenvalue weighted by atomic mass is 16.5. The van der Waals surface area contributed by atoms with Crippen molar-refractivity contribution in [2.45, 2.75) is 6.42 Å². The zero-order chi connectivity index (χ0) is 14.9. The van der Waals surface area contributed by atoms with Gasteiger partial charge in [0.25, 0.3) is 0 Å². The van der Waals surface area contributed by atoms with Crippen LogP contribution in [0.3, 0.4) is 0 Å². The van der Waals surface area contributed by atoms with E-state index < -0.39 is 0 Å². The maximum atomic E-state index is 11.9. The van der Waals surface area contributed by atoms with E-state index in [1.54, 1.807) is 24.3 Å². The lowest BCUT2D eigenvalue weighted by Crippen LogP contribution is -1.97. The van der Waals surface area contributed by atoms with Gasteiger partial charge in [-0.05, 0) is 23.8 Å². The monoisotopic (exact) mass is 280 g/mol. The molecule has 0 radical (unpaired) electrons. The van der Waals surface area contributed by atoms with Gasteiger partial charge < -0.3 is 9.53 Å². The number of benzene rings is 2. The minimum absolute atomic E-state index is 0.0260. The predicted molar refractivity (Wildman–Crippen MR) is 82.4 cm³/mol. The zero-order valence-corrected chi connectivity index (χ0v) is 11.6. The standard InChI is InChI=1S/C18H16O3/c19-13-4-14-21-17-10-7-15(8-11-17)9-12-18(20)16-5-2-1-3-6-16/h1-3,5-13H,4,14H2/b12-9+. The molecule has 0 spiro atoms. The first kappa shape index (κ1) is 14.7. The van der Waals surface area contributed by atoms with Crippen molar-refractivity contribution in [3.8, 4) is 5.75 Å². The topological polar surface area (TPSA) is 43.4 Å². The quantitative estimate of drug-likeness (QED) is 0.337. The van der Waals surface area contributed by atoms with E-state index >= 15 is 0 Å². The van der Waals surface area contributed by atoms with E-state index in [9.17, 15) is 9.59 Å². The molecule has 0 bridgehead atoms. The van der Waals surface area contributed by atoms with E-state index in [2.05, 4.69) is 0 Å². The fourth-order valence-corrected chi connectivity index (χ4v) is 1.77. The molecule has 2 rings (SSSR count). The number of hydrogen-bond acceptors (Lipinski definition) is 3. The van der Waals surface area contributed by atoms with Gasteiger partial charge in [0.2, 0.25) is 0 Å². The van der Waals surface area contributed by atoms with Crippen LogP contribution in [0.1, 0.15) is 22.3 Å². The number of hydrogen-bond donors (Lipinski definition) is 0. The van der Waals surface area contributed by atoms with E-state index in [4.69, 9.17) is 4.74 Å². The Bertz CT molecular complexity index is 613. The minimum atomic E-state index is -0.0260. The summed E-state index contributed by atoms with van der Waals surface area (Å²) >= 11 is 0. The second kappa shape index (κ2) is 7.80. The number of rotatable bonds is 7. The van der Waals surface area contributed by atoms with E-state index in [1.165, 1.54) is 0 Å². The molecule has 0 fully saturated rings. The van der Waals surface area contributed by atoms with Crippen molar-refractivity contribution in [2.24, 2.45) is 0 Å². The summed E-state index contributed by atoms with van der Waals surface area (Å²) in [7, 11) is 0. The van der Waals surface area contributed by atoms with Gasteiger partial charge in [0.1, 0.15) is 12.0 Å². The molecule has 21 heavy (non-hydrogen) atoms. The molecule has 3 heteroatoms. The van der Waals surface area contributed by atoms with Crippen LogP contribution in [0.5, 0.6) is 5.75 Å². The number of allylic oxidation sites excluding steroid dienone is 1. The van der Waals surface area contributed by atoms with Crippen LogP contribution in [0.2, 0.25) is 0 Å². The number of carbonyl (C=O) groups excluding carboxylic acids is 2. The highest BCUT2D eigenvalue weighted by Gasteiger charge is 1.99. The van der Waals surface area contributed by atoms with Crippen LogP contribution in [0.4, 0.5) is 0 Å². The first-order valence-corrected chi connectivity index (χ1v) is 6.73. The predicted octanol–water partition coefficient (Wildman–Crippen LogP) is 3.55. The summed E-state index contributed by atoms with van der Waals surface area (Å²) in [4.78, 5) is 22.1. The maximum Gasteiger partial charge on any atom is 0.185 e. The SMILES string of the molecule is O=CCCOc1ccc(/C=C/C(=O)c2ccccc2)cc1. The van der Waals surface area contributed by atoms with Gasteiger partial charge in [-0.2, -0.15) is 0 Å². The summed E-state index contributed by atoms with van der Waals surface area (Å²) in [5.74, 6) is 0.685. The summed E-state index contributed by atoms with van der Waals surface area (Å²) in [5.41, 5.74) is 1.59. The molecule has 0 aromatic heterocycles. The van der Waals surface area contributed by atoms with E-state index in [0.29, 0.717) is 24.3 Å². The van der Waals surface area contributed by atoms with Crippen LogP contribution >= 0.6 is 0 Å². The number of ether oxygens (including phenoxy) is 1. The van der Waals surface area contributed by atoms with Crippen LogP contribution in [0.25, 0.3) is 6.08 Å². The van der Waals surface area contributed by atoms with Crippen LogP contribution in [0, 0.1) is 0 Å². The van der Waals surface area contributed by atoms with Gasteiger partial charge in [-0.15, -0.1) is 0 Å². The third kappa shape index (κ3) is 4.73. The molecule has 2 aromatic carbocycles. The van der Waals surface area contributed by atoms with Gasteiger partial charge >= 0.3 is 0 Å². The molecular formula is C18H16O3. The van der Waals surface area contributed by atoms with Gasteiger partial charge in [0.05, 0.1) is 6.61 Å². The molecule has 0 aliphatic carbocycles. The average Bonchev–Trinajstić information content (AvgIpc) is 2.55. The average molecular weight is 280 g/mol. The Morgan fingerprint density at radius 2 is 1.71 bits per heavy atom. The Hall–Kier alpha value is -2.68. The normalized spacial score (nSPS) is 10.5. The summed E-state index contributed by atoms with van der Waals surface area (Å²) in [6, 6.07) is 16.5. The summed E-state index contributed by atoms with van der Waals surface area (Å²) in [6.45, 7) is 0.380. The van der Waals surface area contributed by atoms with Crippen LogP contribution in [0.15, 0.2) is 60.7 Å². The van der Waals surface area contributed by atoms with Gasteiger partial charge in [0, 0.05) is 12.0 Å². The smallest absolute Gasteiger partial charge is 0.185 e. The van der Waals surface area contributed by atoms with Crippen molar-refractivity contribution in [3.05, 3.63) is 71.8 Å². The molecular weight excluding hydrogens is 264 g/mol. The van der Waals surface area contributed by atoms with Crippen molar-refractivity contribution in [1.29, 1.82) is 0 Å². The fraction of sp³-hybridized carbons (Fsp3) is 0.111. The second-order valence-corrected chi connectivity index (χ2v) is 4.44. The molecule has 0 N–H and O–H groups in total. The third-order valence-corrected chi connectivity index (χ3v) is 2.87. The highest BCUT2D eigenvalue weighted by Crippen LogP contribution is 2.13. The molecule has 0 heterocycles. The molecule has 0 saturated heterocycles. The maximum absolute atomic E-state index is 11.9. The lowest BCUT2D eigenvalue weighted by atomic mass is 10.1. The molecule has 3 nitrogen and oxygen atoms in total. The van der Waals surface area contributed by atoms with E-state index in [1.807, 2.05) is 42.5 Å². The third-order valence-electron chi connectivity index (χ3n) is 2.87. The van der Waals surface area contributed by atoms with Gasteiger partial charge in [-0.25, -0.2) is 0 Å². The van der Waals surface area contributed by atoms with Crippen LogP contribution in [-0.4, -0.2) is 18.7 Å². The molecule has 0 saturated carbocycles. The fourth-order valence-electron chi connectivity index (χ4n) is 1.77. The van der Waals surface area contributed by atoms with Gasteiger partial charge in [-0.1, -0.05) is 48.5 Å². The van der Waals surface area contributed by atoms with E-state index in [0.717, 1.165) is 11.8 Å². The van der Waals surface area contributed by atoms with Crippen molar-refractivity contribution in [3.63, 3.8) is 0 Å². The van der Waals surface area contributed by atoms with Gasteiger partial charge in [0.15, 0.2) is 5.78 Å². The van der Waals surface area contributed by atoms with Crippen molar-refractivity contribution < 1.29 is 14.3 Å². The minimum Gasteiger partial charge on any atom is -0.493 e. The van der Waals surface area contributed by atoms with Crippen molar-refractivity contribution in [1.82, 2.24) is 0 Å². The first-order valence-electron chi connectivity index (χ1n) is 6.73. The molecule has 106 valence electrons. The molecule has 0 aliphatic rings. The highest BCUT2D eigenvalue weighted by molar-refractivity contribution is 6.06. The number of aldehydes is 1. The van der Waals surface area contributed by atoms with Crippen molar-refractivity contribution >= 4 is 18.1 Å². The van der Waals surface area contributed by atoms with Crippen LogP contribution < -0.4 is 4.74 Å². The second-order valence-electron chi connectivity index (χ2n) is 4.44. The van der Waals surface area contributed by atoms with Crippen molar-refractivity contribution in [2.75, 3.05) is 6.61 Å². The Morgan fingerprint density at radius 3 is 2.38 bits per heavy atom. The first-order chi connectivity index (χ1) is 10.3. The molecule has 0 aliphatic heterocycles. The lowest BCUT2D eigenvalue weighted by Gasteiger charge is -2.03. The molecule has 2 aromatic rings. The number of ketones is 1. The Morgan fingerprint density at radius 1 is 1.00 bits per heavy atom. The molecule has 0 unspecified atom stereocenters.